The summed E-state index contributed by atoms with van der Waals surface area (Å²) >= 11 is 0. The molecular formula is C28H20F3N3. The highest BCUT2D eigenvalue weighted by molar-refractivity contribution is 6.13. The monoisotopic (exact) mass is 455 g/mol. The van der Waals surface area contributed by atoms with E-state index in [9.17, 15) is 13.2 Å². The SMILES string of the molecule is N#Cc1ccc(CC(N=C(c2ccccc2)c2ccccc2)c2cccc(C(F)(F)F)c2)nc1. The minimum absolute atomic E-state index is 0.274. The van der Waals surface area contributed by atoms with Crippen LogP contribution in [0.5, 0.6) is 0 Å². The summed E-state index contributed by atoms with van der Waals surface area (Å²) in [7, 11) is 0. The molecule has 0 N–H and O–H groups in total. The Morgan fingerprint density at radius 1 is 0.853 bits per heavy atom. The number of aromatic nitrogens is 1. The van der Waals surface area contributed by atoms with Crippen LogP contribution in [0.15, 0.2) is 108 Å². The quantitative estimate of drug-likeness (QED) is 0.301. The zero-order chi connectivity index (χ0) is 24.0. The van der Waals surface area contributed by atoms with Gasteiger partial charge in [0, 0.05) is 29.4 Å². The average Bonchev–Trinajstić information content (AvgIpc) is 2.87. The van der Waals surface area contributed by atoms with E-state index in [4.69, 9.17) is 10.3 Å². The van der Waals surface area contributed by atoms with Crippen LogP contribution in [0.25, 0.3) is 0 Å². The van der Waals surface area contributed by atoms with Crippen LogP contribution in [0.3, 0.4) is 0 Å². The lowest BCUT2D eigenvalue weighted by molar-refractivity contribution is -0.137. The van der Waals surface area contributed by atoms with Crippen LogP contribution in [0.2, 0.25) is 0 Å². The van der Waals surface area contributed by atoms with Crippen LogP contribution in [-0.2, 0) is 12.6 Å². The standard InChI is InChI=1S/C28H20F3N3/c29-28(30,31)24-13-7-12-23(16-24)26(17-25-15-14-20(18-32)19-33-25)34-27(21-8-3-1-4-9-21)22-10-5-2-6-11-22/h1-16,19,26H,17H2. The number of hydrogen-bond donors (Lipinski definition) is 0. The molecule has 0 radical (unpaired) electrons. The molecule has 34 heavy (non-hydrogen) atoms. The second-order valence-electron chi connectivity index (χ2n) is 7.70. The van der Waals surface area contributed by atoms with Gasteiger partial charge in [0.05, 0.1) is 22.9 Å². The largest absolute Gasteiger partial charge is 0.416 e. The zero-order valence-corrected chi connectivity index (χ0v) is 18.1. The summed E-state index contributed by atoms with van der Waals surface area (Å²) in [6.07, 6.45) is -2.73. The summed E-state index contributed by atoms with van der Waals surface area (Å²) in [5.41, 5.74) is 3.15. The molecule has 0 aliphatic carbocycles. The third-order valence-electron chi connectivity index (χ3n) is 5.33. The highest BCUT2D eigenvalue weighted by Crippen LogP contribution is 2.33. The van der Waals surface area contributed by atoms with E-state index in [-0.39, 0.29) is 6.42 Å². The van der Waals surface area contributed by atoms with Gasteiger partial charge in [-0.3, -0.25) is 9.98 Å². The predicted octanol–water partition coefficient (Wildman–Crippen LogP) is 6.79. The number of rotatable bonds is 6. The summed E-state index contributed by atoms with van der Waals surface area (Å²) in [6, 6.07) is 29.1. The Morgan fingerprint density at radius 3 is 2.03 bits per heavy atom. The van der Waals surface area contributed by atoms with Crippen molar-refractivity contribution < 1.29 is 13.2 Å². The number of hydrogen-bond acceptors (Lipinski definition) is 3. The van der Waals surface area contributed by atoms with Crippen molar-refractivity contribution in [1.82, 2.24) is 4.98 Å². The highest BCUT2D eigenvalue weighted by atomic mass is 19.4. The fourth-order valence-corrected chi connectivity index (χ4v) is 3.63. The van der Waals surface area contributed by atoms with E-state index in [2.05, 4.69) is 4.98 Å². The third-order valence-corrected chi connectivity index (χ3v) is 5.33. The van der Waals surface area contributed by atoms with Crippen molar-refractivity contribution in [1.29, 1.82) is 5.26 Å². The average molecular weight is 455 g/mol. The van der Waals surface area contributed by atoms with Gasteiger partial charge >= 0.3 is 6.18 Å². The molecule has 0 fully saturated rings. The number of pyridine rings is 1. The Kier molecular flexibility index (Phi) is 6.84. The van der Waals surface area contributed by atoms with Gasteiger partial charge < -0.3 is 0 Å². The maximum atomic E-state index is 13.5. The molecule has 0 aliphatic heterocycles. The molecule has 0 amide bonds. The van der Waals surface area contributed by atoms with Crippen LogP contribution in [0.1, 0.15) is 39.6 Å². The molecule has 0 saturated heterocycles. The molecule has 3 nitrogen and oxygen atoms in total. The minimum Gasteiger partial charge on any atom is -0.276 e. The van der Waals surface area contributed by atoms with Crippen LogP contribution in [0.4, 0.5) is 13.2 Å². The van der Waals surface area contributed by atoms with Gasteiger partial charge in [-0.25, -0.2) is 0 Å². The van der Waals surface area contributed by atoms with Crippen LogP contribution in [-0.4, -0.2) is 10.7 Å². The van der Waals surface area contributed by atoms with E-state index in [1.807, 2.05) is 66.7 Å². The van der Waals surface area contributed by atoms with Gasteiger partial charge in [0.1, 0.15) is 6.07 Å². The number of nitrogens with zero attached hydrogens (tertiary/aromatic N) is 3. The fourth-order valence-electron chi connectivity index (χ4n) is 3.63. The first-order chi connectivity index (χ1) is 16.4. The van der Waals surface area contributed by atoms with E-state index >= 15 is 0 Å². The first-order valence-electron chi connectivity index (χ1n) is 10.6. The molecule has 168 valence electrons. The molecule has 0 saturated carbocycles. The van der Waals surface area contributed by atoms with Crippen LogP contribution in [0, 0.1) is 11.3 Å². The van der Waals surface area contributed by atoms with Gasteiger partial charge in [-0.05, 0) is 29.8 Å². The summed E-state index contributed by atoms with van der Waals surface area (Å²) in [5.74, 6) is 0. The van der Waals surface area contributed by atoms with Crippen molar-refractivity contribution in [2.45, 2.75) is 18.6 Å². The first kappa shape index (κ1) is 22.9. The highest BCUT2D eigenvalue weighted by Gasteiger charge is 2.31. The maximum Gasteiger partial charge on any atom is 0.416 e. The Morgan fingerprint density at radius 2 is 1.50 bits per heavy atom. The van der Waals surface area contributed by atoms with E-state index in [1.54, 1.807) is 18.2 Å². The van der Waals surface area contributed by atoms with Crippen molar-refractivity contribution in [2.75, 3.05) is 0 Å². The van der Waals surface area contributed by atoms with Crippen molar-refractivity contribution in [2.24, 2.45) is 4.99 Å². The molecule has 4 rings (SSSR count). The van der Waals surface area contributed by atoms with Crippen LogP contribution < -0.4 is 0 Å². The molecule has 1 atom stereocenters. The van der Waals surface area contributed by atoms with Crippen molar-refractivity contribution >= 4 is 5.71 Å². The topological polar surface area (TPSA) is 49.0 Å². The van der Waals surface area contributed by atoms with E-state index in [1.165, 1.54) is 12.3 Å². The first-order valence-corrected chi connectivity index (χ1v) is 10.6. The second-order valence-corrected chi connectivity index (χ2v) is 7.70. The van der Waals surface area contributed by atoms with Crippen LogP contribution >= 0.6 is 0 Å². The van der Waals surface area contributed by atoms with E-state index in [0.29, 0.717) is 22.5 Å². The molecule has 6 heteroatoms. The zero-order valence-electron chi connectivity index (χ0n) is 18.1. The molecule has 3 aromatic carbocycles. The summed E-state index contributed by atoms with van der Waals surface area (Å²) in [6.45, 7) is 0. The maximum absolute atomic E-state index is 13.5. The summed E-state index contributed by atoms with van der Waals surface area (Å²) < 4.78 is 40.4. The number of benzene rings is 3. The summed E-state index contributed by atoms with van der Waals surface area (Å²) in [4.78, 5) is 9.32. The molecule has 1 aromatic heterocycles. The Labute approximate surface area is 195 Å². The molecule has 0 aliphatic rings. The molecular weight excluding hydrogens is 435 g/mol. The lowest BCUT2D eigenvalue weighted by atomic mass is 9.97. The second kappa shape index (κ2) is 10.1. The van der Waals surface area contributed by atoms with Crippen molar-refractivity contribution in [3.63, 3.8) is 0 Å². The lowest BCUT2D eigenvalue weighted by Gasteiger charge is -2.18. The predicted molar refractivity (Wildman–Crippen MR) is 125 cm³/mol. The molecule has 1 heterocycles. The Hall–Kier alpha value is -4.24. The number of halogens is 3. The van der Waals surface area contributed by atoms with Gasteiger partial charge in [0.2, 0.25) is 0 Å². The number of nitriles is 1. The molecule has 4 aromatic rings. The lowest BCUT2D eigenvalue weighted by Crippen LogP contribution is -2.11. The Bertz CT molecular complexity index is 1270. The van der Waals surface area contributed by atoms with E-state index < -0.39 is 17.8 Å². The Balaban J connectivity index is 1.85. The molecule has 0 spiro atoms. The molecule has 0 bridgehead atoms. The summed E-state index contributed by atoms with van der Waals surface area (Å²) in [5, 5.41) is 9.05. The van der Waals surface area contributed by atoms with Gasteiger partial charge in [-0.15, -0.1) is 0 Å². The third kappa shape index (κ3) is 5.57. The minimum atomic E-state index is -4.46. The number of aliphatic imine (C=N–C) groups is 1. The number of alkyl halides is 3. The normalized spacial score (nSPS) is 11.9. The van der Waals surface area contributed by atoms with Gasteiger partial charge in [0.15, 0.2) is 0 Å². The molecule has 1 unspecified atom stereocenters. The van der Waals surface area contributed by atoms with E-state index in [0.717, 1.165) is 23.3 Å². The van der Waals surface area contributed by atoms with Gasteiger partial charge in [-0.2, -0.15) is 18.4 Å². The van der Waals surface area contributed by atoms with Gasteiger partial charge in [0.25, 0.3) is 0 Å². The van der Waals surface area contributed by atoms with Crippen molar-refractivity contribution in [3.05, 3.63) is 137 Å². The fraction of sp³-hybridized carbons (Fsp3) is 0.107. The van der Waals surface area contributed by atoms with Crippen molar-refractivity contribution in [3.8, 4) is 6.07 Å². The van der Waals surface area contributed by atoms with Gasteiger partial charge in [-0.1, -0.05) is 72.8 Å². The smallest absolute Gasteiger partial charge is 0.276 e.